The first-order valence-corrected chi connectivity index (χ1v) is 10.1. The van der Waals surface area contributed by atoms with E-state index < -0.39 is 36.1 Å². The minimum Gasteiger partial charge on any atom is -0.452 e. The van der Waals surface area contributed by atoms with Gasteiger partial charge in [0, 0.05) is 0 Å². The Labute approximate surface area is 188 Å². The lowest BCUT2D eigenvalue weighted by Crippen LogP contribution is -2.30. The van der Waals surface area contributed by atoms with E-state index in [0.717, 1.165) is 16.0 Å². The molecule has 0 radical (unpaired) electrons. The van der Waals surface area contributed by atoms with Crippen LogP contribution in [0.25, 0.3) is 0 Å². The molecule has 0 fully saturated rings. The number of halogens is 1. The van der Waals surface area contributed by atoms with Crippen LogP contribution in [0.1, 0.15) is 42.2 Å². The molecule has 1 aliphatic rings. The third kappa shape index (κ3) is 4.23. The number of amides is 3. The van der Waals surface area contributed by atoms with Gasteiger partial charge in [-0.25, -0.2) is 14.1 Å². The first kappa shape index (κ1) is 21.9. The summed E-state index contributed by atoms with van der Waals surface area (Å²) >= 11 is 0. The minimum atomic E-state index is -0.855. The van der Waals surface area contributed by atoms with E-state index >= 15 is 0 Å². The SMILES string of the molecule is Cc1ccc(N2C(=O)c3ccc(C(=O)OCC(=O)Nc4ccccc4F)cc3C2=O)c(C)c1. The maximum absolute atomic E-state index is 13.6. The van der Waals surface area contributed by atoms with Crippen LogP contribution in [0.2, 0.25) is 0 Å². The maximum Gasteiger partial charge on any atom is 0.338 e. The second kappa shape index (κ2) is 8.66. The molecule has 8 heteroatoms. The van der Waals surface area contributed by atoms with Crippen LogP contribution >= 0.6 is 0 Å². The van der Waals surface area contributed by atoms with Crippen LogP contribution in [0.4, 0.5) is 15.8 Å². The van der Waals surface area contributed by atoms with Gasteiger partial charge in [-0.2, -0.15) is 0 Å². The van der Waals surface area contributed by atoms with E-state index in [0.29, 0.717) is 5.69 Å². The molecule has 1 heterocycles. The molecule has 7 nitrogen and oxygen atoms in total. The summed E-state index contributed by atoms with van der Waals surface area (Å²) in [4.78, 5) is 51.3. The number of rotatable bonds is 5. The summed E-state index contributed by atoms with van der Waals surface area (Å²) in [5, 5.41) is 2.31. The second-order valence-electron chi connectivity index (χ2n) is 7.60. The Morgan fingerprint density at radius 2 is 1.67 bits per heavy atom. The number of nitrogens with zero attached hydrogens (tertiary/aromatic N) is 1. The van der Waals surface area contributed by atoms with E-state index in [-0.39, 0.29) is 22.4 Å². The summed E-state index contributed by atoms with van der Waals surface area (Å²) in [6, 6.07) is 15.0. The molecule has 0 saturated carbocycles. The summed E-state index contributed by atoms with van der Waals surface area (Å²) in [5.41, 5.74) is 2.46. The smallest absolute Gasteiger partial charge is 0.338 e. The highest BCUT2D eigenvalue weighted by Crippen LogP contribution is 2.31. The molecule has 1 aliphatic heterocycles. The molecule has 0 aliphatic carbocycles. The lowest BCUT2D eigenvalue weighted by atomic mass is 10.1. The average molecular weight is 446 g/mol. The summed E-state index contributed by atoms with van der Waals surface area (Å²) in [6.07, 6.45) is 0. The number of para-hydroxylation sites is 1. The number of nitrogens with one attached hydrogen (secondary N) is 1. The third-order valence-electron chi connectivity index (χ3n) is 5.20. The molecular weight excluding hydrogens is 427 g/mol. The lowest BCUT2D eigenvalue weighted by molar-refractivity contribution is -0.119. The molecule has 0 spiro atoms. The molecule has 3 aromatic carbocycles. The number of aryl methyl sites for hydroxylation is 2. The summed E-state index contributed by atoms with van der Waals surface area (Å²) in [5.74, 6) is -3.22. The van der Waals surface area contributed by atoms with Gasteiger partial charge in [0.1, 0.15) is 5.82 Å². The number of ether oxygens (including phenoxy) is 1. The molecule has 1 N–H and O–H groups in total. The van der Waals surface area contributed by atoms with Crippen LogP contribution in [0.15, 0.2) is 60.7 Å². The Morgan fingerprint density at radius 3 is 2.39 bits per heavy atom. The number of esters is 1. The minimum absolute atomic E-state index is 0.0102. The van der Waals surface area contributed by atoms with Crippen LogP contribution in [0.5, 0.6) is 0 Å². The van der Waals surface area contributed by atoms with Gasteiger partial charge in [0.25, 0.3) is 17.7 Å². The third-order valence-corrected chi connectivity index (χ3v) is 5.20. The number of benzene rings is 3. The van der Waals surface area contributed by atoms with Crippen molar-refractivity contribution in [2.45, 2.75) is 13.8 Å². The van der Waals surface area contributed by atoms with Gasteiger partial charge in [-0.1, -0.05) is 29.8 Å². The predicted molar refractivity (Wildman–Crippen MR) is 119 cm³/mol. The number of fused-ring (bicyclic) bond motifs is 1. The number of hydrogen-bond acceptors (Lipinski definition) is 5. The first-order valence-electron chi connectivity index (χ1n) is 10.1. The van der Waals surface area contributed by atoms with Gasteiger partial charge in [-0.05, 0) is 55.8 Å². The summed E-state index contributed by atoms with van der Waals surface area (Å²) in [7, 11) is 0. The monoisotopic (exact) mass is 446 g/mol. The van der Waals surface area contributed by atoms with Gasteiger partial charge in [-0.3, -0.25) is 14.4 Å². The quantitative estimate of drug-likeness (QED) is 0.472. The molecular formula is C25H19FN2O5. The van der Waals surface area contributed by atoms with Crippen molar-refractivity contribution in [3.05, 3.63) is 94.3 Å². The highest BCUT2D eigenvalue weighted by atomic mass is 19.1. The van der Waals surface area contributed by atoms with Crippen LogP contribution in [0, 0.1) is 19.7 Å². The number of anilines is 2. The highest BCUT2D eigenvalue weighted by Gasteiger charge is 2.37. The molecule has 0 atom stereocenters. The zero-order valence-corrected chi connectivity index (χ0v) is 17.8. The average Bonchev–Trinajstić information content (AvgIpc) is 3.03. The molecule has 3 amide bonds. The van der Waals surface area contributed by atoms with Crippen molar-refractivity contribution in [3.8, 4) is 0 Å². The van der Waals surface area contributed by atoms with Crippen molar-refractivity contribution in [2.24, 2.45) is 0 Å². The first-order chi connectivity index (χ1) is 15.8. The van der Waals surface area contributed by atoms with Gasteiger partial charge in [0.15, 0.2) is 6.61 Å². The Bertz CT molecular complexity index is 1320. The number of imide groups is 1. The van der Waals surface area contributed by atoms with Crippen LogP contribution < -0.4 is 10.2 Å². The van der Waals surface area contributed by atoms with E-state index in [1.165, 1.54) is 36.4 Å². The second-order valence-corrected chi connectivity index (χ2v) is 7.60. The van der Waals surface area contributed by atoms with Crippen LogP contribution in [0.3, 0.4) is 0 Å². The van der Waals surface area contributed by atoms with Gasteiger partial charge >= 0.3 is 5.97 Å². The molecule has 166 valence electrons. The Morgan fingerprint density at radius 1 is 0.939 bits per heavy atom. The van der Waals surface area contributed by atoms with E-state index in [1.807, 2.05) is 13.0 Å². The van der Waals surface area contributed by atoms with Crippen molar-refractivity contribution in [3.63, 3.8) is 0 Å². The van der Waals surface area contributed by atoms with Crippen LogP contribution in [-0.2, 0) is 9.53 Å². The molecule has 0 saturated heterocycles. The lowest BCUT2D eigenvalue weighted by Gasteiger charge is -2.16. The van der Waals surface area contributed by atoms with Crippen LogP contribution in [-0.4, -0.2) is 30.3 Å². The Kier molecular flexibility index (Phi) is 5.74. The number of carbonyl (C=O) groups is 4. The molecule has 33 heavy (non-hydrogen) atoms. The van der Waals surface area contributed by atoms with Gasteiger partial charge in [0.2, 0.25) is 0 Å². The van der Waals surface area contributed by atoms with E-state index in [2.05, 4.69) is 5.32 Å². The fourth-order valence-electron chi connectivity index (χ4n) is 3.61. The van der Waals surface area contributed by atoms with Gasteiger partial charge in [0.05, 0.1) is 28.1 Å². The van der Waals surface area contributed by atoms with E-state index in [1.54, 1.807) is 25.1 Å². The van der Waals surface area contributed by atoms with Crippen molar-refractivity contribution < 1.29 is 28.3 Å². The number of carbonyl (C=O) groups excluding carboxylic acids is 4. The number of hydrogen-bond donors (Lipinski definition) is 1. The maximum atomic E-state index is 13.6. The van der Waals surface area contributed by atoms with Crippen molar-refractivity contribution in [1.82, 2.24) is 0 Å². The highest BCUT2D eigenvalue weighted by molar-refractivity contribution is 6.35. The van der Waals surface area contributed by atoms with Gasteiger partial charge in [-0.15, -0.1) is 0 Å². The Balaban J connectivity index is 1.48. The molecule has 0 aromatic heterocycles. The van der Waals surface area contributed by atoms with Crippen molar-refractivity contribution in [1.29, 1.82) is 0 Å². The summed E-state index contributed by atoms with van der Waals surface area (Å²) < 4.78 is 18.6. The standard InChI is InChI=1S/C25H19FN2O5/c1-14-7-10-21(15(2)11-14)28-23(30)17-9-8-16(12-18(17)24(28)31)25(32)33-13-22(29)27-20-6-4-3-5-19(20)26/h3-12H,13H2,1-2H3,(H,27,29). The van der Waals surface area contributed by atoms with Crippen molar-refractivity contribution in [2.75, 3.05) is 16.8 Å². The van der Waals surface area contributed by atoms with Gasteiger partial charge < -0.3 is 10.1 Å². The van der Waals surface area contributed by atoms with E-state index in [9.17, 15) is 23.6 Å². The largest absolute Gasteiger partial charge is 0.452 e. The normalized spacial score (nSPS) is 12.5. The molecule has 3 aromatic rings. The molecule has 0 unspecified atom stereocenters. The predicted octanol–water partition coefficient (Wildman–Crippen LogP) is 4.04. The zero-order chi connectivity index (χ0) is 23.7. The Hall–Kier alpha value is -4.33. The zero-order valence-electron chi connectivity index (χ0n) is 17.8. The molecule has 0 bridgehead atoms. The summed E-state index contributed by atoms with van der Waals surface area (Å²) in [6.45, 7) is 3.07. The fraction of sp³-hybridized carbons (Fsp3) is 0.120. The topological polar surface area (TPSA) is 92.8 Å². The van der Waals surface area contributed by atoms with Crippen molar-refractivity contribution >= 4 is 35.1 Å². The molecule has 4 rings (SSSR count). The van der Waals surface area contributed by atoms with E-state index in [4.69, 9.17) is 4.74 Å². The fourth-order valence-corrected chi connectivity index (χ4v) is 3.61.